The van der Waals surface area contributed by atoms with Crippen LogP contribution >= 0.6 is 11.8 Å². The van der Waals surface area contributed by atoms with Crippen molar-refractivity contribution >= 4 is 29.3 Å². The minimum atomic E-state index is -0.207. The van der Waals surface area contributed by atoms with Gasteiger partial charge in [0.25, 0.3) is 5.91 Å². The van der Waals surface area contributed by atoms with Crippen molar-refractivity contribution in [2.45, 2.75) is 18.6 Å². The number of rotatable bonds is 9. The molecule has 4 rings (SSSR count). The molecule has 8 nitrogen and oxygen atoms in total. The average molecular weight is 477 g/mol. The SMILES string of the molecule is COc1ccccc1NC(=O)CSc1nccn1-c1cccc(C(=O)NCc2ccc(C)o2)c1. The van der Waals surface area contributed by atoms with Gasteiger partial charge in [0.2, 0.25) is 5.91 Å². The normalized spacial score (nSPS) is 10.6. The van der Waals surface area contributed by atoms with Crippen LogP contribution in [0.15, 0.2) is 82.6 Å². The molecular formula is C25H24N4O4S. The van der Waals surface area contributed by atoms with E-state index in [0.29, 0.717) is 34.5 Å². The summed E-state index contributed by atoms with van der Waals surface area (Å²) in [4.78, 5) is 29.5. The summed E-state index contributed by atoms with van der Waals surface area (Å²) >= 11 is 1.30. The number of imidazole rings is 1. The molecule has 9 heteroatoms. The summed E-state index contributed by atoms with van der Waals surface area (Å²) in [5.41, 5.74) is 1.90. The fourth-order valence-corrected chi connectivity index (χ4v) is 4.08. The molecule has 0 bridgehead atoms. The number of nitrogens with one attached hydrogen (secondary N) is 2. The number of anilines is 1. The van der Waals surface area contributed by atoms with Crippen molar-refractivity contribution in [2.24, 2.45) is 0 Å². The molecule has 0 aliphatic rings. The van der Waals surface area contributed by atoms with Gasteiger partial charge in [-0.1, -0.05) is 30.0 Å². The highest BCUT2D eigenvalue weighted by Crippen LogP contribution is 2.25. The number of aryl methyl sites for hydroxylation is 1. The first kappa shape index (κ1) is 23.2. The van der Waals surface area contributed by atoms with Crippen molar-refractivity contribution in [3.8, 4) is 11.4 Å². The van der Waals surface area contributed by atoms with Gasteiger partial charge in [-0.2, -0.15) is 0 Å². The number of hydrogen-bond acceptors (Lipinski definition) is 6. The van der Waals surface area contributed by atoms with Crippen molar-refractivity contribution in [3.05, 3.63) is 90.1 Å². The zero-order valence-corrected chi connectivity index (χ0v) is 19.6. The molecule has 2 amide bonds. The van der Waals surface area contributed by atoms with Crippen molar-refractivity contribution in [1.29, 1.82) is 0 Å². The van der Waals surface area contributed by atoms with Crippen LogP contribution in [0.1, 0.15) is 21.9 Å². The molecule has 2 N–H and O–H groups in total. The van der Waals surface area contributed by atoms with Crippen LogP contribution in [-0.2, 0) is 11.3 Å². The number of aromatic nitrogens is 2. The number of para-hydroxylation sites is 2. The first-order valence-corrected chi connectivity index (χ1v) is 11.5. The quantitative estimate of drug-likeness (QED) is 0.347. The Bertz CT molecular complexity index is 1300. The minimum Gasteiger partial charge on any atom is -0.495 e. The molecule has 2 aromatic carbocycles. The molecule has 0 unspecified atom stereocenters. The number of methoxy groups -OCH3 is 1. The number of hydrogen-bond donors (Lipinski definition) is 2. The van der Waals surface area contributed by atoms with E-state index in [1.165, 1.54) is 11.8 Å². The topological polar surface area (TPSA) is 98.4 Å². The zero-order chi connectivity index (χ0) is 23.9. The predicted molar refractivity (Wildman–Crippen MR) is 131 cm³/mol. The summed E-state index contributed by atoms with van der Waals surface area (Å²) in [7, 11) is 1.56. The van der Waals surface area contributed by atoms with E-state index in [4.69, 9.17) is 9.15 Å². The van der Waals surface area contributed by atoms with Crippen molar-refractivity contribution in [2.75, 3.05) is 18.2 Å². The summed E-state index contributed by atoms with van der Waals surface area (Å²) < 4.78 is 12.6. The molecule has 0 aliphatic carbocycles. The number of amides is 2. The third-order valence-electron chi connectivity index (χ3n) is 4.93. The summed E-state index contributed by atoms with van der Waals surface area (Å²) in [6, 6.07) is 18.2. The van der Waals surface area contributed by atoms with Gasteiger partial charge in [-0.3, -0.25) is 14.2 Å². The second kappa shape index (κ2) is 10.8. The summed E-state index contributed by atoms with van der Waals surface area (Å²) in [5, 5.41) is 6.35. The van der Waals surface area contributed by atoms with Gasteiger partial charge in [-0.15, -0.1) is 0 Å². The lowest BCUT2D eigenvalue weighted by Gasteiger charge is -2.11. The van der Waals surface area contributed by atoms with E-state index >= 15 is 0 Å². The van der Waals surface area contributed by atoms with Gasteiger partial charge in [-0.05, 0) is 49.4 Å². The molecular weight excluding hydrogens is 452 g/mol. The summed E-state index contributed by atoms with van der Waals surface area (Å²) in [5.74, 6) is 1.87. The molecule has 4 aromatic rings. The third kappa shape index (κ3) is 5.68. The first-order chi connectivity index (χ1) is 16.5. The second-order valence-corrected chi connectivity index (χ2v) is 8.30. The maximum atomic E-state index is 12.6. The van der Waals surface area contributed by atoms with Crippen LogP contribution in [0, 0.1) is 6.92 Å². The van der Waals surface area contributed by atoms with Crippen LogP contribution in [0.2, 0.25) is 0 Å². The Kier molecular flexibility index (Phi) is 7.34. The molecule has 0 atom stereocenters. The Hall–Kier alpha value is -3.98. The van der Waals surface area contributed by atoms with Gasteiger partial charge in [0.05, 0.1) is 25.1 Å². The summed E-state index contributed by atoms with van der Waals surface area (Å²) in [6.45, 7) is 2.17. The van der Waals surface area contributed by atoms with Gasteiger partial charge in [-0.25, -0.2) is 4.98 Å². The van der Waals surface area contributed by atoms with E-state index in [0.717, 1.165) is 11.4 Å². The van der Waals surface area contributed by atoms with Gasteiger partial charge in [0.1, 0.15) is 17.3 Å². The number of thioether (sulfide) groups is 1. The van der Waals surface area contributed by atoms with Crippen LogP contribution in [-0.4, -0.2) is 34.2 Å². The Morgan fingerprint density at radius 1 is 1.12 bits per heavy atom. The average Bonchev–Trinajstić information content (AvgIpc) is 3.50. The number of ether oxygens (including phenoxy) is 1. The molecule has 2 aromatic heterocycles. The molecule has 2 heterocycles. The van der Waals surface area contributed by atoms with Crippen molar-refractivity contribution in [1.82, 2.24) is 14.9 Å². The lowest BCUT2D eigenvalue weighted by molar-refractivity contribution is -0.113. The molecule has 0 spiro atoms. The van der Waals surface area contributed by atoms with Crippen LogP contribution in [0.25, 0.3) is 5.69 Å². The largest absolute Gasteiger partial charge is 0.495 e. The van der Waals surface area contributed by atoms with E-state index < -0.39 is 0 Å². The maximum Gasteiger partial charge on any atom is 0.251 e. The standard InChI is InChI=1S/C25H24N4O4S/c1-17-10-11-20(33-17)15-27-24(31)18-6-5-7-19(14-18)29-13-12-26-25(29)34-16-23(30)28-21-8-3-4-9-22(21)32-2/h3-14H,15-16H2,1-2H3,(H,27,31)(H,28,30). The lowest BCUT2D eigenvalue weighted by Crippen LogP contribution is -2.22. The highest BCUT2D eigenvalue weighted by molar-refractivity contribution is 7.99. The first-order valence-electron chi connectivity index (χ1n) is 10.6. The molecule has 0 aliphatic heterocycles. The van der Waals surface area contributed by atoms with Gasteiger partial charge < -0.3 is 19.8 Å². The molecule has 0 fully saturated rings. The molecule has 34 heavy (non-hydrogen) atoms. The molecule has 0 saturated heterocycles. The maximum absolute atomic E-state index is 12.6. The van der Waals surface area contributed by atoms with E-state index in [-0.39, 0.29) is 17.6 Å². The van der Waals surface area contributed by atoms with Crippen LogP contribution in [0.5, 0.6) is 5.75 Å². The highest BCUT2D eigenvalue weighted by Gasteiger charge is 2.13. The highest BCUT2D eigenvalue weighted by atomic mass is 32.2. The fraction of sp³-hybridized carbons (Fsp3) is 0.160. The number of carbonyl (C=O) groups is 2. The Balaban J connectivity index is 1.39. The predicted octanol–water partition coefficient (Wildman–Crippen LogP) is 4.44. The van der Waals surface area contributed by atoms with Gasteiger partial charge in [0, 0.05) is 23.6 Å². The minimum absolute atomic E-state index is 0.164. The molecule has 174 valence electrons. The fourth-order valence-electron chi connectivity index (χ4n) is 3.30. The van der Waals surface area contributed by atoms with Crippen molar-refractivity contribution in [3.63, 3.8) is 0 Å². The molecule has 0 saturated carbocycles. The molecule has 0 radical (unpaired) electrons. The number of furan rings is 1. The third-order valence-corrected chi connectivity index (χ3v) is 5.89. The summed E-state index contributed by atoms with van der Waals surface area (Å²) in [6.07, 6.45) is 3.45. The van der Waals surface area contributed by atoms with Gasteiger partial charge in [0.15, 0.2) is 5.16 Å². The Morgan fingerprint density at radius 3 is 2.76 bits per heavy atom. The number of carbonyl (C=O) groups excluding carboxylic acids is 2. The smallest absolute Gasteiger partial charge is 0.251 e. The van der Waals surface area contributed by atoms with Gasteiger partial charge >= 0.3 is 0 Å². The van der Waals surface area contributed by atoms with Crippen molar-refractivity contribution < 1.29 is 18.7 Å². The number of benzene rings is 2. The monoisotopic (exact) mass is 476 g/mol. The second-order valence-electron chi connectivity index (χ2n) is 7.36. The Morgan fingerprint density at radius 2 is 1.97 bits per heavy atom. The zero-order valence-electron chi connectivity index (χ0n) is 18.8. The van der Waals surface area contributed by atoms with Crippen LogP contribution in [0.4, 0.5) is 5.69 Å². The van der Waals surface area contributed by atoms with E-state index in [1.807, 2.05) is 47.9 Å². The van der Waals surface area contributed by atoms with Crippen LogP contribution in [0.3, 0.4) is 0 Å². The Labute approximate surface area is 201 Å². The van der Waals surface area contributed by atoms with E-state index in [2.05, 4.69) is 15.6 Å². The van der Waals surface area contributed by atoms with Crippen LogP contribution < -0.4 is 15.4 Å². The number of nitrogens with zero attached hydrogens (tertiary/aromatic N) is 2. The van der Waals surface area contributed by atoms with E-state index in [1.54, 1.807) is 43.8 Å². The lowest BCUT2D eigenvalue weighted by atomic mass is 10.2. The van der Waals surface area contributed by atoms with E-state index in [9.17, 15) is 9.59 Å².